The number of rotatable bonds is 15. The second kappa shape index (κ2) is 15.3. The highest BCUT2D eigenvalue weighted by Crippen LogP contribution is 2.36. The van der Waals surface area contributed by atoms with Crippen molar-refractivity contribution in [1.29, 1.82) is 0 Å². The third kappa shape index (κ3) is 9.53. The maximum atomic E-state index is 12.5. The number of esters is 1. The van der Waals surface area contributed by atoms with Gasteiger partial charge in [0.2, 0.25) is 0 Å². The van der Waals surface area contributed by atoms with Crippen LogP contribution in [0, 0.1) is 0 Å². The van der Waals surface area contributed by atoms with E-state index in [1.165, 1.54) is 56.9 Å². The lowest BCUT2D eigenvalue weighted by Gasteiger charge is -2.31. The number of unbranched alkanes of at least 4 members (excludes halogenated alkanes) is 8. The quantitative estimate of drug-likeness (QED) is 0.215. The smallest absolute Gasteiger partial charge is 0.306 e. The van der Waals surface area contributed by atoms with Gasteiger partial charge in [-0.3, -0.25) is 4.79 Å². The average Bonchev–Trinajstić information content (AvgIpc) is 2.77. The Morgan fingerprint density at radius 2 is 1.60 bits per heavy atom. The second-order valence-electron chi connectivity index (χ2n) is 8.92. The summed E-state index contributed by atoms with van der Waals surface area (Å²) in [6.07, 6.45) is 17.4. The fourth-order valence-electron chi connectivity index (χ4n) is 4.48. The molecule has 1 aliphatic carbocycles. The molecule has 1 aromatic rings. The molecule has 0 radical (unpaired) electrons. The molecule has 1 fully saturated rings. The Balaban J connectivity index is 1.71. The van der Waals surface area contributed by atoms with E-state index in [0.717, 1.165) is 50.9 Å². The van der Waals surface area contributed by atoms with Gasteiger partial charge in [0.05, 0.1) is 6.61 Å². The monoisotopic (exact) mass is 416 g/mol. The van der Waals surface area contributed by atoms with Gasteiger partial charge in [-0.15, -0.1) is 0 Å². The summed E-state index contributed by atoms with van der Waals surface area (Å²) in [5.74, 6) is 1.23. The largest absolute Gasteiger partial charge is 0.494 e. The number of carbonyl (C=O) groups excluding carboxylic acids is 1. The first-order valence-electron chi connectivity index (χ1n) is 12.7. The molecule has 1 saturated carbocycles. The Hall–Kier alpha value is -1.51. The molecule has 0 N–H and O–H groups in total. The highest BCUT2D eigenvalue weighted by molar-refractivity contribution is 5.69. The molecule has 170 valence electrons. The van der Waals surface area contributed by atoms with E-state index >= 15 is 0 Å². The molecule has 0 spiro atoms. The topological polar surface area (TPSA) is 35.5 Å². The fraction of sp³-hybridized carbons (Fsp3) is 0.741. The number of carbonyl (C=O) groups is 1. The van der Waals surface area contributed by atoms with Gasteiger partial charge in [-0.05, 0) is 49.8 Å². The average molecular weight is 417 g/mol. The molecule has 2 rings (SSSR count). The van der Waals surface area contributed by atoms with Crippen molar-refractivity contribution in [2.75, 3.05) is 6.61 Å². The van der Waals surface area contributed by atoms with Crippen LogP contribution >= 0.6 is 0 Å². The molecule has 0 bridgehead atoms. The van der Waals surface area contributed by atoms with E-state index in [1.807, 2.05) is 6.07 Å². The molecule has 1 aromatic carbocycles. The van der Waals surface area contributed by atoms with Gasteiger partial charge in [-0.2, -0.15) is 0 Å². The molecule has 0 amide bonds. The van der Waals surface area contributed by atoms with Crippen LogP contribution in [0.1, 0.15) is 122 Å². The number of hydrogen-bond donors (Lipinski definition) is 0. The van der Waals surface area contributed by atoms with Crippen LogP contribution in [0.25, 0.3) is 0 Å². The zero-order valence-corrected chi connectivity index (χ0v) is 19.5. The summed E-state index contributed by atoms with van der Waals surface area (Å²) in [6, 6.07) is 8.39. The van der Waals surface area contributed by atoms with Gasteiger partial charge in [0, 0.05) is 12.3 Å². The Labute approximate surface area is 184 Å². The summed E-state index contributed by atoms with van der Waals surface area (Å²) in [7, 11) is 0. The molecular formula is C27H44O3. The molecule has 1 aliphatic rings. The van der Waals surface area contributed by atoms with Crippen molar-refractivity contribution in [1.82, 2.24) is 0 Å². The summed E-state index contributed by atoms with van der Waals surface area (Å²) in [6.45, 7) is 5.12. The van der Waals surface area contributed by atoms with E-state index in [-0.39, 0.29) is 12.1 Å². The normalized spacial score (nSPS) is 18.9. The van der Waals surface area contributed by atoms with Crippen molar-refractivity contribution < 1.29 is 14.3 Å². The Kier molecular flexibility index (Phi) is 12.6. The number of hydrogen-bond acceptors (Lipinski definition) is 3. The summed E-state index contributed by atoms with van der Waals surface area (Å²) in [4.78, 5) is 12.5. The molecule has 0 saturated heterocycles. The van der Waals surface area contributed by atoms with Crippen LogP contribution in [0.5, 0.6) is 5.75 Å². The van der Waals surface area contributed by atoms with Crippen LogP contribution in [0.2, 0.25) is 0 Å². The lowest BCUT2D eigenvalue weighted by molar-refractivity contribution is -0.151. The van der Waals surface area contributed by atoms with E-state index in [9.17, 15) is 4.79 Å². The molecule has 0 aliphatic heterocycles. The van der Waals surface area contributed by atoms with Gasteiger partial charge in [-0.25, -0.2) is 0 Å². The Morgan fingerprint density at radius 3 is 2.33 bits per heavy atom. The maximum Gasteiger partial charge on any atom is 0.306 e. The molecular weight excluding hydrogens is 372 g/mol. The summed E-state index contributed by atoms with van der Waals surface area (Å²) < 4.78 is 11.8. The van der Waals surface area contributed by atoms with Crippen LogP contribution in [0.4, 0.5) is 0 Å². The van der Waals surface area contributed by atoms with Crippen molar-refractivity contribution in [2.45, 2.75) is 122 Å². The zero-order chi connectivity index (χ0) is 21.4. The van der Waals surface area contributed by atoms with Crippen LogP contribution in [0.15, 0.2) is 24.3 Å². The number of benzene rings is 1. The van der Waals surface area contributed by atoms with Crippen molar-refractivity contribution in [2.24, 2.45) is 0 Å². The van der Waals surface area contributed by atoms with Crippen LogP contribution in [-0.2, 0) is 9.53 Å². The number of ether oxygens (including phenoxy) is 2. The zero-order valence-electron chi connectivity index (χ0n) is 19.5. The van der Waals surface area contributed by atoms with E-state index in [1.54, 1.807) is 0 Å². The van der Waals surface area contributed by atoms with Gasteiger partial charge in [0.1, 0.15) is 11.9 Å². The van der Waals surface area contributed by atoms with Crippen molar-refractivity contribution >= 4 is 5.97 Å². The molecule has 3 nitrogen and oxygen atoms in total. The van der Waals surface area contributed by atoms with Crippen LogP contribution in [-0.4, -0.2) is 18.7 Å². The van der Waals surface area contributed by atoms with Gasteiger partial charge in [0.25, 0.3) is 0 Å². The lowest BCUT2D eigenvalue weighted by atomic mass is 9.81. The summed E-state index contributed by atoms with van der Waals surface area (Å²) >= 11 is 0. The highest BCUT2D eigenvalue weighted by Gasteiger charge is 2.29. The minimum Gasteiger partial charge on any atom is -0.494 e. The minimum absolute atomic E-state index is 0.00627. The van der Waals surface area contributed by atoms with Gasteiger partial charge >= 0.3 is 5.97 Å². The highest BCUT2D eigenvalue weighted by atomic mass is 16.5. The maximum absolute atomic E-state index is 12.5. The molecule has 2 atom stereocenters. The van der Waals surface area contributed by atoms with E-state index in [0.29, 0.717) is 12.3 Å². The van der Waals surface area contributed by atoms with E-state index in [2.05, 4.69) is 32.0 Å². The van der Waals surface area contributed by atoms with E-state index in [4.69, 9.17) is 9.47 Å². The van der Waals surface area contributed by atoms with E-state index < -0.39 is 0 Å². The van der Waals surface area contributed by atoms with Gasteiger partial charge in [-0.1, -0.05) is 83.8 Å². The second-order valence-corrected chi connectivity index (χ2v) is 8.92. The SMILES string of the molecule is CCCCCCCCCCCC(=O)O[C@@H]1CCCC[C@H]1c1cccc(OCCC)c1. The molecule has 3 heteroatoms. The molecule has 0 unspecified atom stereocenters. The first kappa shape index (κ1) is 24.8. The predicted octanol–water partition coefficient (Wildman–Crippen LogP) is 7.97. The van der Waals surface area contributed by atoms with Gasteiger partial charge < -0.3 is 9.47 Å². The minimum atomic E-state index is -0.00627. The fourth-order valence-corrected chi connectivity index (χ4v) is 4.48. The van der Waals surface area contributed by atoms with Gasteiger partial charge in [0.15, 0.2) is 0 Å². The molecule has 30 heavy (non-hydrogen) atoms. The standard InChI is InChI=1S/C27H44O3/c1-3-5-6-7-8-9-10-11-12-20-27(28)30-26-19-14-13-18-25(26)23-16-15-17-24(22-23)29-21-4-2/h15-17,22,25-26H,3-14,18-21H2,1-2H3/t25-,26+/m0/s1. The Bertz CT molecular complexity index is 583. The summed E-state index contributed by atoms with van der Waals surface area (Å²) in [5.41, 5.74) is 1.25. The summed E-state index contributed by atoms with van der Waals surface area (Å²) in [5, 5.41) is 0. The van der Waals surface area contributed by atoms with Crippen molar-refractivity contribution in [3.63, 3.8) is 0 Å². The van der Waals surface area contributed by atoms with Crippen molar-refractivity contribution in [3.05, 3.63) is 29.8 Å². The van der Waals surface area contributed by atoms with Crippen molar-refractivity contribution in [3.8, 4) is 5.75 Å². The third-order valence-corrected chi connectivity index (χ3v) is 6.23. The molecule has 0 heterocycles. The third-order valence-electron chi connectivity index (χ3n) is 6.23. The first-order valence-corrected chi connectivity index (χ1v) is 12.7. The predicted molar refractivity (Wildman–Crippen MR) is 125 cm³/mol. The Morgan fingerprint density at radius 1 is 0.900 bits per heavy atom. The lowest BCUT2D eigenvalue weighted by Crippen LogP contribution is -2.28. The first-order chi connectivity index (χ1) is 14.7. The molecule has 0 aromatic heterocycles. The van der Waals surface area contributed by atoms with Crippen LogP contribution in [0.3, 0.4) is 0 Å². The van der Waals surface area contributed by atoms with Crippen LogP contribution < -0.4 is 4.74 Å².